The maximum Gasteiger partial charge on any atom is 0.573 e. The van der Waals surface area contributed by atoms with Crippen molar-refractivity contribution in [2.75, 3.05) is 0 Å². The van der Waals surface area contributed by atoms with Crippen molar-refractivity contribution in [3.05, 3.63) is 57.5 Å². The minimum Gasteiger partial charge on any atom is -0.406 e. The van der Waals surface area contributed by atoms with Crippen molar-refractivity contribution in [3.63, 3.8) is 0 Å². The number of halogens is 3. The molecule has 1 aromatic heterocycles. The number of aryl methyl sites for hydroxylation is 2. The molecule has 1 atom stereocenters. The van der Waals surface area contributed by atoms with E-state index in [4.69, 9.17) is 0 Å². The van der Waals surface area contributed by atoms with Gasteiger partial charge in [-0.3, -0.25) is 9.59 Å². The number of aromatic nitrogens is 2. The molecule has 6 nitrogen and oxygen atoms in total. The Morgan fingerprint density at radius 2 is 2.12 bits per heavy atom. The lowest BCUT2D eigenvalue weighted by Gasteiger charge is -2.25. The largest absolute Gasteiger partial charge is 0.573 e. The summed E-state index contributed by atoms with van der Waals surface area (Å²) in [6, 6.07) is 6.17. The molecule has 3 rings (SSSR count). The Bertz CT molecular complexity index is 893. The summed E-state index contributed by atoms with van der Waals surface area (Å²) in [5.74, 6) is -0.949. The van der Waals surface area contributed by atoms with Gasteiger partial charge in [0.25, 0.3) is 11.5 Å². The van der Waals surface area contributed by atoms with Crippen LogP contribution in [0.15, 0.2) is 35.1 Å². The lowest BCUT2D eigenvalue weighted by atomic mass is 9.92. The van der Waals surface area contributed by atoms with Crippen molar-refractivity contribution in [3.8, 4) is 5.75 Å². The van der Waals surface area contributed by atoms with Gasteiger partial charge in [-0.15, -0.1) is 13.2 Å². The van der Waals surface area contributed by atoms with Gasteiger partial charge < -0.3 is 10.1 Å². The molecule has 138 valence electrons. The molecule has 0 aliphatic heterocycles. The molecular formula is C17H16F3N3O3. The molecule has 0 fully saturated rings. The van der Waals surface area contributed by atoms with E-state index in [1.165, 1.54) is 22.9 Å². The Balaban J connectivity index is 1.70. The second-order valence-corrected chi connectivity index (χ2v) is 6.07. The first-order valence-corrected chi connectivity index (χ1v) is 7.94. The molecule has 0 saturated heterocycles. The standard InChI is InChI=1S/C17H16F3N3O3/c1-23-15(24)9-11-7-12(5-6-14(11)22-23)21-16(25)10-3-2-4-13(8-10)26-17(18,19)20/h2-4,8-9,12H,5-7H2,1H3,(H,21,25)/t12-/m1/s1. The number of nitrogens with zero attached hydrogens (tertiary/aromatic N) is 2. The summed E-state index contributed by atoms with van der Waals surface area (Å²) >= 11 is 0. The first kappa shape index (κ1) is 18.0. The molecule has 0 bridgehead atoms. The maximum atomic E-state index is 12.3. The summed E-state index contributed by atoms with van der Waals surface area (Å²) in [4.78, 5) is 24.0. The van der Waals surface area contributed by atoms with E-state index >= 15 is 0 Å². The van der Waals surface area contributed by atoms with Crippen molar-refractivity contribution in [1.29, 1.82) is 0 Å². The minimum atomic E-state index is -4.82. The smallest absolute Gasteiger partial charge is 0.406 e. The lowest BCUT2D eigenvalue weighted by molar-refractivity contribution is -0.274. The first-order chi connectivity index (χ1) is 12.2. The average molecular weight is 367 g/mol. The van der Waals surface area contributed by atoms with Gasteiger partial charge in [0.15, 0.2) is 0 Å². The van der Waals surface area contributed by atoms with Gasteiger partial charge in [0, 0.05) is 24.7 Å². The monoisotopic (exact) mass is 367 g/mol. The molecule has 0 spiro atoms. The fraction of sp³-hybridized carbons (Fsp3) is 0.353. The Hall–Kier alpha value is -2.84. The number of rotatable bonds is 3. The van der Waals surface area contributed by atoms with Crippen LogP contribution in [-0.4, -0.2) is 28.1 Å². The lowest BCUT2D eigenvalue weighted by Crippen LogP contribution is -2.40. The van der Waals surface area contributed by atoms with Crippen molar-refractivity contribution in [2.24, 2.45) is 7.05 Å². The highest BCUT2D eigenvalue weighted by atomic mass is 19.4. The van der Waals surface area contributed by atoms with E-state index in [-0.39, 0.29) is 17.2 Å². The minimum absolute atomic E-state index is 0.0691. The van der Waals surface area contributed by atoms with Gasteiger partial charge in [-0.25, -0.2) is 4.68 Å². The average Bonchev–Trinajstić information content (AvgIpc) is 2.55. The molecule has 1 aliphatic carbocycles. The summed E-state index contributed by atoms with van der Waals surface area (Å²) in [7, 11) is 1.58. The molecule has 9 heteroatoms. The molecule has 1 aromatic carbocycles. The number of carbonyl (C=O) groups excluding carboxylic acids is 1. The SMILES string of the molecule is Cn1nc2c(cc1=O)C[C@H](NC(=O)c1cccc(OC(F)(F)F)c1)CC2. The van der Waals surface area contributed by atoms with Crippen LogP contribution in [0.25, 0.3) is 0 Å². The van der Waals surface area contributed by atoms with Gasteiger partial charge in [0.05, 0.1) is 5.69 Å². The van der Waals surface area contributed by atoms with Gasteiger partial charge in [-0.2, -0.15) is 5.10 Å². The summed E-state index contributed by atoms with van der Waals surface area (Å²) in [5, 5.41) is 6.99. The predicted molar refractivity (Wildman–Crippen MR) is 85.9 cm³/mol. The number of benzene rings is 1. The quantitative estimate of drug-likeness (QED) is 0.900. The third-order valence-electron chi connectivity index (χ3n) is 4.12. The van der Waals surface area contributed by atoms with Gasteiger partial charge in [0.1, 0.15) is 5.75 Å². The highest BCUT2D eigenvalue weighted by molar-refractivity contribution is 5.94. The van der Waals surface area contributed by atoms with Crippen LogP contribution >= 0.6 is 0 Å². The third kappa shape index (κ3) is 4.22. The van der Waals surface area contributed by atoms with Crippen LogP contribution < -0.4 is 15.6 Å². The van der Waals surface area contributed by atoms with Crippen LogP contribution in [0.3, 0.4) is 0 Å². The summed E-state index contributed by atoms with van der Waals surface area (Å²) in [6.07, 6.45) is -3.14. The van der Waals surface area contributed by atoms with E-state index in [2.05, 4.69) is 15.2 Å². The zero-order valence-electron chi connectivity index (χ0n) is 13.8. The number of amides is 1. The molecule has 1 amide bonds. The molecule has 2 aromatic rings. The van der Waals surface area contributed by atoms with Crippen molar-refractivity contribution in [1.82, 2.24) is 15.1 Å². The fourth-order valence-corrected chi connectivity index (χ4v) is 2.91. The summed E-state index contributed by atoms with van der Waals surface area (Å²) in [6.45, 7) is 0. The summed E-state index contributed by atoms with van der Waals surface area (Å²) in [5.41, 5.74) is 1.43. The van der Waals surface area contributed by atoms with Crippen LogP contribution in [0, 0.1) is 0 Å². The molecule has 1 N–H and O–H groups in total. The van der Waals surface area contributed by atoms with E-state index in [1.807, 2.05) is 0 Å². The van der Waals surface area contributed by atoms with E-state index in [9.17, 15) is 22.8 Å². The normalized spacial score (nSPS) is 16.7. The van der Waals surface area contributed by atoms with Crippen LogP contribution in [0.5, 0.6) is 5.75 Å². The van der Waals surface area contributed by atoms with Crippen molar-refractivity contribution >= 4 is 5.91 Å². The Morgan fingerprint density at radius 1 is 1.35 bits per heavy atom. The van der Waals surface area contributed by atoms with Crippen LogP contribution in [-0.2, 0) is 19.9 Å². The zero-order valence-corrected chi connectivity index (χ0v) is 13.8. The van der Waals surface area contributed by atoms with Crippen LogP contribution in [0.1, 0.15) is 28.0 Å². The second kappa shape index (κ2) is 6.81. The molecule has 26 heavy (non-hydrogen) atoms. The van der Waals surface area contributed by atoms with Gasteiger partial charge in [-0.05, 0) is 43.0 Å². The Kier molecular flexibility index (Phi) is 4.71. The number of carbonyl (C=O) groups is 1. The molecule has 1 heterocycles. The molecule has 0 saturated carbocycles. The third-order valence-corrected chi connectivity index (χ3v) is 4.12. The zero-order chi connectivity index (χ0) is 18.9. The highest BCUT2D eigenvalue weighted by Crippen LogP contribution is 2.24. The summed E-state index contributed by atoms with van der Waals surface area (Å²) < 4.78 is 42.0. The molecule has 1 aliphatic rings. The molecule has 0 unspecified atom stereocenters. The topological polar surface area (TPSA) is 73.2 Å². The van der Waals surface area contributed by atoms with Crippen molar-refractivity contribution < 1.29 is 22.7 Å². The predicted octanol–water partition coefficient (Wildman–Crippen LogP) is 1.97. The van der Waals surface area contributed by atoms with E-state index in [0.29, 0.717) is 19.3 Å². The number of alkyl halides is 3. The van der Waals surface area contributed by atoms with Crippen molar-refractivity contribution in [2.45, 2.75) is 31.7 Å². The van der Waals surface area contributed by atoms with E-state index in [0.717, 1.165) is 23.4 Å². The Morgan fingerprint density at radius 3 is 2.85 bits per heavy atom. The van der Waals surface area contributed by atoms with Crippen LogP contribution in [0.4, 0.5) is 13.2 Å². The van der Waals surface area contributed by atoms with Gasteiger partial charge in [0.2, 0.25) is 0 Å². The van der Waals surface area contributed by atoms with Crippen LogP contribution in [0.2, 0.25) is 0 Å². The molecule has 0 radical (unpaired) electrons. The number of fused-ring (bicyclic) bond motifs is 1. The second-order valence-electron chi connectivity index (χ2n) is 6.07. The number of ether oxygens (including phenoxy) is 1. The number of hydrogen-bond donors (Lipinski definition) is 1. The number of hydrogen-bond acceptors (Lipinski definition) is 4. The molecular weight excluding hydrogens is 351 g/mol. The highest BCUT2D eigenvalue weighted by Gasteiger charge is 2.31. The van der Waals surface area contributed by atoms with Gasteiger partial charge >= 0.3 is 6.36 Å². The Labute approximate surface area is 146 Å². The first-order valence-electron chi connectivity index (χ1n) is 7.94. The van der Waals surface area contributed by atoms with Gasteiger partial charge in [-0.1, -0.05) is 6.07 Å². The van der Waals surface area contributed by atoms with E-state index in [1.54, 1.807) is 7.05 Å². The maximum absolute atomic E-state index is 12.3. The number of nitrogens with one attached hydrogen (secondary N) is 1. The van der Waals surface area contributed by atoms with E-state index < -0.39 is 18.0 Å². The fourth-order valence-electron chi connectivity index (χ4n) is 2.91.